The fourth-order valence-electron chi connectivity index (χ4n) is 3.83. The first kappa shape index (κ1) is 27.1. The Labute approximate surface area is 209 Å². The van der Waals surface area contributed by atoms with Crippen LogP contribution in [0.5, 0.6) is 0 Å². The van der Waals surface area contributed by atoms with Gasteiger partial charge in [0.25, 0.3) is 5.56 Å². The summed E-state index contributed by atoms with van der Waals surface area (Å²) in [5.74, 6) is -2.88. The van der Waals surface area contributed by atoms with Crippen molar-refractivity contribution in [2.24, 2.45) is 7.05 Å². The first-order valence-corrected chi connectivity index (χ1v) is 11.9. The van der Waals surface area contributed by atoms with Gasteiger partial charge in [-0.3, -0.25) is 33.1 Å². The van der Waals surface area contributed by atoms with Crippen LogP contribution in [-0.2, 0) is 49.9 Å². The zero-order valence-electron chi connectivity index (χ0n) is 20.5. The summed E-state index contributed by atoms with van der Waals surface area (Å²) in [5, 5.41) is 0.375. The quantitative estimate of drug-likeness (QED) is 0.206. The van der Waals surface area contributed by atoms with Crippen molar-refractivity contribution in [3.05, 3.63) is 16.7 Å². The molecule has 36 heavy (non-hydrogen) atoms. The van der Waals surface area contributed by atoms with Crippen LogP contribution in [0, 0.1) is 0 Å². The van der Waals surface area contributed by atoms with E-state index in [2.05, 4.69) is 9.97 Å². The zero-order valence-corrected chi connectivity index (χ0v) is 21.3. The summed E-state index contributed by atoms with van der Waals surface area (Å²) in [6.45, 7) is 4.20. The van der Waals surface area contributed by atoms with Crippen molar-refractivity contribution in [2.45, 2.75) is 63.5 Å². The van der Waals surface area contributed by atoms with E-state index >= 15 is 0 Å². The maximum Gasteiger partial charge on any atom is 0.303 e. The molecule has 2 aromatic heterocycles. The average molecular weight is 527 g/mol. The summed E-state index contributed by atoms with van der Waals surface area (Å²) in [5.41, 5.74) is -0.291. The van der Waals surface area contributed by atoms with Crippen LogP contribution in [0.1, 0.15) is 33.9 Å². The van der Waals surface area contributed by atoms with Crippen LogP contribution in [0.3, 0.4) is 0 Å². The Bertz CT molecular complexity index is 1240. The molecule has 0 aromatic carbocycles. The summed E-state index contributed by atoms with van der Waals surface area (Å²) in [7, 11) is 1.55. The second-order valence-corrected chi connectivity index (χ2v) is 8.65. The molecule has 15 heteroatoms. The molecule has 0 spiro atoms. The van der Waals surface area contributed by atoms with Crippen LogP contribution in [0.15, 0.2) is 16.3 Å². The van der Waals surface area contributed by atoms with Crippen molar-refractivity contribution in [2.75, 3.05) is 12.9 Å². The van der Waals surface area contributed by atoms with E-state index < -0.39 is 60.1 Å². The standard InChI is InChI=1S/C21H26N4O10S/c1-9(26)31-7-13-15(32-10(2)27)16(33-11(3)28)17(34-12(4)29)20(35-13)25-8-22-14-18(25)23-21(36-6)24(5)19(14)30/h8,13,15-17,20H,7H2,1-6H3/t13-,15-,16+,17-,20-/m1/s1. The van der Waals surface area contributed by atoms with Crippen molar-refractivity contribution in [3.63, 3.8) is 0 Å². The Morgan fingerprint density at radius 3 is 2.11 bits per heavy atom. The predicted octanol–water partition coefficient (Wildman–Crippen LogP) is 0.108. The highest BCUT2D eigenvalue weighted by atomic mass is 32.2. The van der Waals surface area contributed by atoms with E-state index in [1.165, 1.54) is 34.1 Å². The number of rotatable bonds is 7. The fourth-order valence-corrected chi connectivity index (χ4v) is 4.36. The van der Waals surface area contributed by atoms with Crippen LogP contribution < -0.4 is 5.56 Å². The predicted molar refractivity (Wildman–Crippen MR) is 122 cm³/mol. The third-order valence-electron chi connectivity index (χ3n) is 5.19. The topological polar surface area (TPSA) is 167 Å². The first-order valence-electron chi connectivity index (χ1n) is 10.7. The normalized spacial score (nSPS) is 23.7. The van der Waals surface area contributed by atoms with Crippen LogP contribution in [-0.4, -0.2) is 80.3 Å². The van der Waals surface area contributed by atoms with Gasteiger partial charge in [0.2, 0.25) is 0 Å². The Balaban J connectivity index is 2.20. The monoisotopic (exact) mass is 526 g/mol. The number of fused-ring (bicyclic) bond motifs is 1. The third-order valence-corrected chi connectivity index (χ3v) is 5.92. The third kappa shape index (κ3) is 5.67. The summed E-state index contributed by atoms with van der Waals surface area (Å²) in [4.78, 5) is 68.9. The van der Waals surface area contributed by atoms with E-state index in [1.54, 1.807) is 13.3 Å². The van der Waals surface area contributed by atoms with Gasteiger partial charge in [-0.05, 0) is 6.26 Å². The lowest BCUT2D eigenvalue weighted by atomic mass is 9.97. The number of imidazole rings is 1. The molecule has 0 radical (unpaired) electrons. The van der Waals surface area contributed by atoms with Gasteiger partial charge in [-0.2, -0.15) is 0 Å². The number of thioether (sulfide) groups is 1. The van der Waals surface area contributed by atoms with E-state index in [1.807, 2.05) is 0 Å². The minimum atomic E-state index is -1.36. The second kappa shape index (κ2) is 11.1. The largest absolute Gasteiger partial charge is 0.463 e. The lowest BCUT2D eigenvalue weighted by molar-refractivity contribution is -0.267. The number of carbonyl (C=O) groups excluding carboxylic acids is 4. The maximum absolute atomic E-state index is 12.8. The SMILES string of the molecule is CSc1nc2c(ncn2[C@@H]2O[C@H](COC(C)=O)[C@@H](OC(C)=O)[C@H](OC(C)=O)[C@H]2OC(C)=O)c(=O)n1C. The molecule has 1 aliphatic rings. The average Bonchev–Trinajstić information content (AvgIpc) is 3.20. The van der Waals surface area contributed by atoms with Gasteiger partial charge in [-0.25, -0.2) is 9.97 Å². The van der Waals surface area contributed by atoms with Gasteiger partial charge in [0.15, 0.2) is 40.9 Å². The molecule has 2 aromatic rings. The number of esters is 4. The molecule has 0 amide bonds. The van der Waals surface area contributed by atoms with Gasteiger partial charge in [0.05, 0.1) is 6.33 Å². The first-order chi connectivity index (χ1) is 16.9. The summed E-state index contributed by atoms with van der Waals surface area (Å²) >= 11 is 1.22. The minimum absolute atomic E-state index is 0.0168. The van der Waals surface area contributed by atoms with E-state index in [0.29, 0.717) is 5.16 Å². The van der Waals surface area contributed by atoms with Crippen molar-refractivity contribution in [3.8, 4) is 0 Å². The van der Waals surface area contributed by atoms with Crippen molar-refractivity contribution in [1.29, 1.82) is 0 Å². The Morgan fingerprint density at radius 1 is 0.972 bits per heavy atom. The van der Waals surface area contributed by atoms with Gasteiger partial charge in [0, 0.05) is 34.7 Å². The fraction of sp³-hybridized carbons (Fsp3) is 0.571. The number of hydrogen-bond donors (Lipinski definition) is 0. The molecule has 5 atom stereocenters. The molecule has 1 saturated heterocycles. The molecule has 0 saturated carbocycles. The summed E-state index contributed by atoms with van der Waals surface area (Å²) in [6.07, 6.45) is -3.42. The second-order valence-electron chi connectivity index (χ2n) is 7.88. The van der Waals surface area contributed by atoms with Gasteiger partial charge < -0.3 is 23.7 Å². The molecule has 1 aliphatic heterocycles. The highest BCUT2D eigenvalue weighted by Crippen LogP contribution is 2.36. The van der Waals surface area contributed by atoms with Crippen LogP contribution in [0.4, 0.5) is 0 Å². The zero-order chi connectivity index (χ0) is 26.7. The number of aromatic nitrogens is 4. The Hall–Kier alpha value is -3.46. The molecule has 1 fully saturated rings. The number of hydrogen-bond acceptors (Lipinski definition) is 13. The molecular weight excluding hydrogens is 500 g/mol. The molecule has 0 unspecified atom stereocenters. The number of nitrogens with zero attached hydrogens (tertiary/aromatic N) is 4. The van der Waals surface area contributed by atoms with Gasteiger partial charge in [-0.15, -0.1) is 0 Å². The van der Waals surface area contributed by atoms with Gasteiger partial charge >= 0.3 is 23.9 Å². The Kier molecular flexibility index (Phi) is 8.35. The van der Waals surface area contributed by atoms with Crippen molar-refractivity contribution >= 4 is 46.8 Å². The molecule has 14 nitrogen and oxygen atoms in total. The smallest absolute Gasteiger partial charge is 0.303 e. The molecule has 3 heterocycles. The van der Waals surface area contributed by atoms with E-state index in [0.717, 1.165) is 20.8 Å². The molecule has 196 valence electrons. The molecular formula is C21H26N4O10S. The highest BCUT2D eigenvalue weighted by molar-refractivity contribution is 7.98. The highest BCUT2D eigenvalue weighted by Gasteiger charge is 2.53. The minimum Gasteiger partial charge on any atom is -0.463 e. The molecule has 3 rings (SSSR count). The van der Waals surface area contributed by atoms with Gasteiger partial charge in [-0.1, -0.05) is 11.8 Å². The van der Waals surface area contributed by atoms with E-state index in [9.17, 15) is 24.0 Å². The van der Waals surface area contributed by atoms with E-state index in [4.69, 9.17) is 23.7 Å². The summed E-state index contributed by atoms with van der Waals surface area (Å²) < 4.78 is 30.2. The Morgan fingerprint density at radius 2 is 1.56 bits per heavy atom. The van der Waals surface area contributed by atoms with Crippen LogP contribution in [0.25, 0.3) is 11.2 Å². The number of ether oxygens (including phenoxy) is 5. The van der Waals surface area contributed by atoms with Crippen LogP contribution >= 0.6 is 11.8 Å². The van der Waals surface area contributed by atoms with E-state index in [-0.39, 0.29) is 17.8 Å². The molecule has 0 N–H and O–H groups in total. The molecule has 0 aliphatic carbocycles. The maximum atomic E-state index is 12.8. The van der Waals surface area contributed by atoms with Crippen molar-refractivity contribution < 1.29 is 42.9 Å². The molecule has 0 bridgehead atoms. The summed E-state index contributed by atoms with van der Waals surface area (Å²) in [6, 6.07) is 0. The van der Waals surface area contributed by atoms with Crippen LogP contribution in [0.2, 0.25) is 0 Å². The lowest BCUT2D eigenvalue weighted by Gasteiger charge is -2.44. The van der Waals surface area contributed by atoms with Gasteiger partial charge in [0.1, 0.15) is 12.7 Å². The number of carbonyl (C=O) groups is 4. The lowest BCUT2D eigenvalue weighted by Crippen LogP contribution is -2.60. The van der Waals surface area contributed by atoms with Crippen molar-refractivity contribution in [1.82, 2.24) is 19.1 Å².